The number of hydrogen-bond donors (Lipinski definition) is 0. The number of fused-ring (bicyclic) bond motifs is 1. The highest BCUT2D eigenvalue weighted by Gasteiger charge is 2.48. The molecule has 2 heterocycles. The largest absolute Gasteiger partial charge is 0.485 e. The predicted octanol–water partition coefficient (Wildman–Crippen LogP) is 3.44. The maximum atomic E-state index is 13.5. The summed E-state index contributed by atoms with van der Waals surface area (Å²) in [6, 6.07) is 3.10. The van der Waals surface area contributed by atoms with Crippen molar-refractivity contribution in [2.24, 2.45) is 0 Å². The van der Waals surface area contributed by atoms with E-state index in [9.17, 15) is 48.3 Å². The summed E-state index contributed by atoms with van der Waals surface area (Å²) in [5.74, 6) is -0.0717. The van der Waals surface area contributed by atoms with Gasteiger partial charge in [0.05, 0.1) is 18.2 Å². The van der Waals surface area contributed by atoms with Gasteiger partial charge in [0.25, 0.3) is 20.8 Å². The number of rotatable bonds is 11. The van der Waals surface area contributed by atoms with Crippen molar-refractivity contribution < 1.29 is 47.7 Å². The number of pyridine rings is 1. The number of ether oxygens (including phenoxy) is 1. The number of nitrogens with zero attached hydrogens (tertiary/aromatic N) is 4. The van der Waals surface area contributed by atoms with Crippen LogP contribution in [0.2, 0.25) is 0 Å². The first kappa shape index (κ1) is 28.9. The van der Waals surface area contributed by atoms with Crippen molar-refractivity contribution in [1.82, 2.24) is 4.57 Å². The van der Waals surface area contributed by atoms with Crippen LogP contribution in [0.3, 0.4) is 0 Å². The van der Waals surface area contributed by atoms with Crippen molar-refractivity contribution in [3.05, 3.63) is 93.9 Å². The number of halogens is 3. The molecule has 1 aliphatic rings. The minimum Gasteiger partial charge on any atom is -0.485 e. The van der Waals surface area contributed by atoms with E-state index < -0.39 is 63.0 Å². The SMILES string of the molecule is CC1(C)Oc2ccc(C(F)(F)F)cc2[C@@H](n2ccc(C(CCCO[N+](=O)[O-])O[N+](=O)[O-])cc2=O)[C@@H]1O[N+](=O)[O-]. The second kappa shape index (κ2) is 11.0. The van der Waals surface area contributed by atoms with Gasteiger partial charge < -0.3 is 23.8 Å². The summed E-state index contributed by atoms with van der Waals surface area (Å²) in [6.07, 6.45) is -6.90. The first-order valence-electron chi connectivity index (χ1n) is 11.1. The third-order valence-corrected chi connectivity index (χ3v) is 5.86. The number of aromatic nitrogens is 1. The van der Waals surface area contributed by atoms with Crippen LogP contribution in [-0.2, 0) is 20.7 Å². The highest BCUT2D eigenvalue weighted by molar-refractivity contribution is 5.44. The van der Waals surface area contributed by atoms with E-state index in [0.717, 1.165) is 29.0 Å². The zero-order chi connectivity index (χ0) is 29.1. The van der Waals surface area contributed by atoms with Gasteiger partial charge in [-0.25, -0.2) is 0 Å². The van der Waals surface area contributed by atoms with E-state index in [1.165, 1.54) is 19.9 Å². The summed E-state index contributed by atoms with van der Waals surface area (Å²) in [4.78, 5) is 59.3. The number of alkyl halides is 3. The Balaban J connectivity index is 2.09. The van der Waals surface area contributed by atoms with E-state index in [0.29, 0.717) is 6.07 Å². The summed E-state index contributed by atoms with van der Waals surface area (Å²) >= 11 is 0. The van der Waals surface area contributed by atoms with E-state index in [4.69, 9.17) is 9.57 Å². The molecule has 0 saturated carbocycles. The number of hydrogen-bond acceptors (Lipinski definition) is 11. The Labute approximate surface area is 215 Å². The topological polar surface area (TPSA) is 188 Å². The summed E-state index contributed by atoms with van der Waals surface area (Å²) in [5.41, 5.74) is -3.77. The molecule has 0 amide bonds. The van der Waals surface area contributed by atoms with Gasteiger partial charge in [-0.3, -0.25) is 4.79 Å². The van der Waals surface area contributed by atoms with E-state index in [2.05, 4.69) is 9.68 Å². The lowest BCUT2D eigenvalue weighted by atomic mass is 9.85. The fourth-order valence-electron chi connectivity index (χ4n) is 4.23. The molecule has 18 heteroatoms. The molecule has 1 unspecified atom stereocenters. The molecule has 0 fully saturated rings. The first-order valence-corrected chi connectivity index (χ1v) is 11.1. The van der Waals surface area contributed by atoms with Crippen LogP contribution in [0.1, 0.15) is 55.5 Å². The van der Waals surface area contributed by atoms with Crippen LogP contribution in [0.25, 0.3) is 0 Å². The van der Waals surface area contributed by atoms with Gasteiger partial charge in [-0.15, -0.1) is 30.3 Å². The third kappa shape index (κ3) is 6.82. The lowest BCUT2D eigenvalue weighted by Gasteiger charge is -2.43. The van der Waals surface area contributed by atoms with Gasteiger partial charge in [-0.2, -0.15) is 13.2 Å². The molecule has 1 aromatic heterocycles. The lowest BCUT2D eigenvalue weighted by Crippen LogP contribution is -2.54. The van der Waals surface area contributed by atoms with E-state index in [1.54, 1.807) is 0 Å². The van der Waals surface area contributed by atoms with Crippen molar-refractivity contribution in [2.75, 3.05) is 6.61 Å². The van der Waals surface area contributed by atoms with Crippen LogP contribution in [0, 0.1) is 30.3 Å². The van der Waals surface area contributed by atoms with Crippen molar-refractivity contribution in [2.45, 2.75) is 56.7 Å². The average Bonchev–Trinajstić information content (AvgIpc) is 2.80. The molecule has 0 spiro atoms. The van der Waals surface area contributed by atoms with Crippen molar-refractivity contribution >= 4 is 0 Å². The molecule has 212 valence electrons. The smallest absolute Gasteiger partial charge is 0.416 e. The van der Waals surface area contributed by atoms with Gasteiger partial charge >= 0.3 is 6.18 Å². The maximum absolute atomic E-state index is 13.5. The standard InChI is InChI=1S/C21H21F3N4O11/c1-20(2)19(39-28(34)35)18(14-11-13(21(22,23)24)5-6-16(14)37-20)25-8-7-12(10-17(25)29)15(38-27(32)33)4-3-9-36-26(30)31/h5-8,10-11,15,18-19H,3-4,9H2,1-2H3/t15?,18-,19+/m1/s1. The first-order chi connectivity index (χ1) is 18.1. The molecule has 1 aliphatic heterocycles. The Morgan fingerprint density at radius 3 is 2.33 bits per heavy atom. The predicted molar refractivity (Wildman–Crippen MR) is 120 cm³/mol. The quantitative estimate of drug-likeness (QED) is 0.222. The molecular weight excluding hydrogens is 541 g/mol. The summed E-state index contributed by atoms with van der Waals surface area (Å²) in [7, 11) is 0. The van der Waals surface area contributed by atoms with Crippen LogP contribution >= 0.6 is 0 Å². The Hall–Kier alpha value is -4.64. The molecule has 0 N–H and O–H groups in total. The van der Waals surface area contributed by atoms with Crippen LogP contribution < -0.4 is 10.3 Å². The van der Waals surface area contributed by atoms with E-state index in [-0.39, 0.29) is 29.7 Å². The highest BCUT2D eigenvalue weighted by atomic mass is 19.4. The molecule has 0 saturated heterocycles. The summed E-state index contributed by atoms with van der Waals surface area (Å²) in [5, 5.41) is 29.2. The molecule has 1 aromatic carbocycles. The lowest BCUT2D eigenvalue weighted by molar-refractivity contribution is -0.773. The zero-order valence-corrected chi connectivity index (χ0v) is 20.2. The zero-order valence-electron chi connectivity index (χ0n) is 20.2. The highest BCUT2D eigenvalue weighted by Crippen LogP contribution is 2.45. The second-order valence-corrected chi connectivity index (χ2v) is 8.87. The normalized spacial score (nSPS) is 18.7. The van der Waals surface area contributed by atoms with E-state index in [1.807, 2.05) is 0 Å². The molecule has 15 nitrogen and oxygen atoms in total. The van der Waals surface area contributed by atoms with Crippen molar-refractivity contribution in [1.29, 1.82) is 0 Å². The van der Waals surface area contributed by atoms with E-state index >= 15 is 0 Å². The van der Waals surface area contributed by atoms with Crippen LogP contribution in [-0.4, -0.2) is 38.1 Å². The minimum absolute atomic E-state index is 0.0311. The summed E-state index contributed by atoms with van der Waals surface area (Å²) in [6.45, 7) is 2.38. The second-order valence-electron chi connectivity index (χ2n) is 8.87. The Bertz CT molecular complexity index is 1310. The van der Waals surface area contributed by atoms with Crippen molar-refractivity contribution in [3.8, 4) is 5.75 Å². The fraction of sp³-hybridized carbons (Fsp3) is 0.476. The van der Waals surface area contributed by atoms with Gasteiger partial charge in [0.1, 0.15) is 17.5 Å². The van der Waals surface area contributed by atoms with Gasteiger partial charge in [-0.05, 0) is 56.5 Å². The van der Waals surface area contributed by atoms with Crippen molar-refractivity contribution in [3.63, 3.8) is 0 Å². The van der Waals surface area contributed by atoms with Gasteiger partial charge in [0.15, 0.2) is 6.10 Å². The molecule has 0 radical (unpaired) electrons. The van der Waals surface area contributed by atoms with Gasteiger partial charge in [-0.1, -0.05) is 0 Å². The van der Waals surface area contributed by atoms with Crippen LogP contribution in [0.15, 0.2) is 41.3 Å². The molecule has 0 bridgehead atoms. The Morgan fingerprint density at radius 2 is 1.77 bits per heavy atom. The molecule has 3 atom stereocenters. The third-order valence-electron chi connectivity index (χ3n) is 5.86. The number of benzene rings is 1. The summed E-state index contributed by atoms with van der Waals surface area (Å²) < 4.78 is 47.0. The molecule has 39 heavy (non-hydrogen) atoms. The Kier molecular flexibility index (Phi) is 8.16. The Morgan fingerprint density at radius 1 is 1.08 bits per heavy atom. The molecule has 3 rings (SSSR count). The average molecular weight is 562 g/mol. The minimum atomic E-state index is -4.78. The molecule has 0 aliphatic carbocycles. The molecular formula is C21H21F3N4O11. The van der Waals surface area contributed by atoms with Crippen LogP contribution in [0.4, 0.5) is 13.2 Å². The molecule has 2 aromatic rings. The van der Waals surface area contributed by atoms with Gasteiger partial charge in [0, 0.05) is 17.8 Å². The fourth-order valence-corrected chi connectivity index (χ4v) is 4.23. The van der Waals surface area contributed by atoms with Crippen LogP contribution in [0.5, 0.6) is 5.75 Å². The maximum Gasteiger partial charge on any atom is 0.416 e. The monoisotopic (exact) mass is 562 g/mol. The van der Waals surface area contributed by atoms with Gasteiger partial charge in [0.2, 0.25) is 0 Å².